The Morgan fingerprint density at radius 2 is 2.10 bits per heavy atom. The van der Waals surface area contributed by atoms with E-state index >= 15 is 0 Å². The first-order chi connectivity index (χ1) is 9.51. The van der Waals surface area contributed by atoms with Crippen molar-refractivity contribution in [3.8, 4) is 0 Å². The van der Waals surface area contributed by atoms with Gasteiger partial charge in [0.2, 0.25) is 5.89 Å². The van der Waals surface area contributed by atoms with Crippen molar-refractivity contribution < 1.29 is 13.3 Å². The number of benzene rings is 1. The van der Waals surface area contributed by atoms with Gasteiger partial charge in [-0.05, 0) is 25.0 Å². The van der Waals surface area contributed by atoms with E-state index < -0.39 is 11.6 Å². The van der Waals surface area contributed by atoms with Gasteiger partial charge in [0.05, 0.1) is 5.92 Å². The van der Waals surface area contributed by atoms with Gasteiger partial charge >= 0.3 is 0 Å². The Kier molecular flexibility index (Phi) is 4.44. The van der Waals surface area contributed by atoms with Gasteiger partial charge < -0.3 is 10.3 Å². The van der Waals surface area contributed by atoms with Crippen molar-refractivity contribution in [3.63, 3.8) is 0 Å². The summed E-state index contributed by atoms with van der Waals surface area (Å²) in [5.74, 6) is -0.419. The standard InChI is InChI=1S/C14H17F2N3O/c1-3-11(8(2)17)14-18-13(19-20-14)6-9-4-5-10(15)7-12(9)16/h4-5,7-8,11H,3,6,17H2,1-2H3. The molecule has 2 aromatic rings. The van der Waals surface area contributed by atoms with Crippen LogP contribution < -0.4 is 5.73 Å². The molecule has 0 fully saturated rings. The molecule has 1 heterocycles. The van der Waals surface area contributed by atoms with Crippen LogP contribution in [0.25, 0.3) is 0 Å². The monoisotopic (exact) mass is 281 g/mol. The van der Waals surface area contributed by atoms with Gasteiger partial charge in [0.1, 0.15) is 11.6 Å². The van der Waals surface area contributed by atoms with E-state index in [1.165, 1.54) is 12.1 Å². The van der Waals surface area contributed by atoms with Crippen molar-refractivity contribution in [3.05, 3.63) is 47.1 Å². The number of nitrogens with two attached hydrogens (primary N) is 1. The lowest BCUT2D eigenvalue weighted by atomic mass is 9.99. The lowest BCUT2D eigenvalue weighted by Crippen LogP contribution is -2.24. The normalized spacial score (nSPS) is 14.2. The van der Waals surface area contributed by atoms with Crippen molar-refractivity contribution >= 4 is 0 Å². The molecule has 6 heteroatoms. The molecule has 108 valence electrons. The van der Waals surface area contributed by atoms with Crippen molar-refractivity contribution in [2.75, 3.05) is 0 Å². The molecule has 20 heavy (non-hydrogen) atoms. The molecule has 0 spiro atoms. The summed E-state index contributed by atoms with van der Waals surface area (Å²) in [6.45, 7) is 3.86. The third-order valence-corrected chi connectivity index (χ3v) is 3.24. The minimum Gasteiger partial charge on any atom is -0.339 e. The van der Waals surface area contributed by atoms with Crippen LogP contribution in [0.5, 0.6) is 0 Å². The van der Waals surface area contributed by atoms with Crippen LogP contribution >= 0.6 is 0 Å². The zero-order valence-corrected chi connectivity index (χ0v) is 11.4. The predicted molar refractivity (Wildman–Crippen MR) is 70.1 cm³/mol. The Morgan fingerprint density at radius 1 is 1.35 bits per heavy atom. The minimum absolute atomic E-state index is 0.0192. The Morgan fingerprint density at radius 3 is 2.70 bits per heavy atom. The third-order valence-electron chi connectivity index (χ3n) is 3.24. The Bertz CT molecular complexity index is 584. The highest BCUT2D eigenvalue weighted by Crippen LogP contribution is 2.21. The molecule has 0 saturated carbocycles. The number of rotatable bonds is 5. The number of hydrogen-bond donors (Lipinski definition) is 1. The summed E-state index contributed by atoms with van der Waals surface area (Å²) in [4.78, 5) is 4.24. The summed E-state index contributed by atoms with van der Waals surface area (Å²) >= 11 is 0. The van der Waals surface area contributed by atoms with Crippen LogP contribution in [0.15, 0.2) is 22.7 Å². The number of aromatic nitrogens is 2. The van der Waals surface area contributed by atoms with Crippen LogP contribution in [0.3, 0.4) is 0 Å². The number of nitrogens with zero attached hydrogens (tertiary/aromatic N) is 2. The highest BCUT2D eigenvalue weighted by molar-refractivity contribution is 5.21. The highest BCUT2D eigenvalue weighted by Gasteiger charge is 2.21. The molecule has 0 aliphatic rings. The first-order valence-electron chi connectivity index (χ1n) is 6.53. The van der Waals surface area contributed by atoms with Crippen LogP contribution in [0.4, 0.5) is 8.78 Å². The summed E-state index contributed by atoms with van der Waals surface area (Å²) in [6.07, 6.45) is 0.940. The maximum Gasteiger partial charge on any atom is 0.231 e. The fourth-order valence-electron chi connectivity index (χ4n) is 2.10. The molecule has 0 bridgehead atoms. The van der Waals surface area contributed by atoms with Crippen LogP contribution in [0.1, 0.15) is 43.5 Å². The van der Waals surface area contributed by atoms with E-state index in [0.29, 0.717) is 17.3 Å². The summed E-state index contributed by atoms with van der Waals surface area (Å²) in [6, 6.07) is 3.32. The van der Waals surface area contributed by atoms with E-state index in [1.54, 1.807) is 0 Å². The Labute approximate surface area is 116 Å². The average molecular weight is 281 g/mol. The molecule has 0 radical (unpaired) electrons. The van der Waals surface area contributed by atoms with Crippen molar-refractivity contribution in [2.24, 2.45) is 5.73 Å². The molecule has 4 nitrogen and oxygen atoms in total. The molecule has 2 N–H and O–H groups in total. The van der Waals surface area contributed by atoms with Gasteiger partial charge in [-0.25, -0.2) is 8.78 Å². The maximum absolute atomic E-state index is 13.5. The van der Waals surface area contributed by atoms with Crippen LogP contribution in [0.2, 0.25) is 0 Å². The van der Waals surface area contributed by atoms with Gasteiger partial charge in [0.25, 0.3) is 0 Å². The summed E-state index contributed by atoms with van der Waals surface area (Å²) in [5, 5.41) is 3.82. The largest absolute Gasteiger partial charge is 0.339 e. The zero-order chi connectivity index (χ0) is 14.7. The minimum atomic E-state index is -0.615. The lowest BCUT2D eigenvalue weighted by Gasteiger charge is -2.13. The van der Waals surface area contributed by atoms with E-state index in [2.05, 4.69) is 10.1 Å². The first-order valence-corrected chi connectivity index (χ1v) is 6.53. The summed E-state index contributed by atoms with van der Waals surface area (Å²) in [7, 11) is 0. The molecular weight excluding hydrogens is 264 g/mol. The summed E-state index contributed by atoms with van der Waals surface area (Å²) in [5.41, 5.74) is 6.18. The third kappa shape index (κ3) is 3.19. The Hall–Kier alpha value is -1.82. The maximum atomic E-state index is 13.5. The smallest absolute Gasteiger partial charge is 0.231 e. The molecule has 0 saturated heterocycles. The molecule has 2 unspecified atom stereocenters. The van der Waals surface area contributed by atoms with E-state index in [4.69, 9.17) is 10.3 Å². The quantitative estimate of drug-likeness (QED) is 0.915. The first kappa shape index (κ1) is 14.6. The molecule has 1 aromatic carbocycles. The zero-order valence-electron chi connectivity index (χ0n) is 11.4. The highest BCUT2D eigenvalue weighted by atomic mass is 19.1. The van der Waals surface area contributed by atoms with Gasteiger partial charge in [0.15, 0.2) is 5.82 Å². The molecule has 0 aliphatic heterocycles. The van der Waals surface area contributed by atoms with Gasteiger partial charge in [-0.1, -0.05) is 18.1 Å². The molecule has 2 rings (SSSR count). The molecular formula is C14H17F2N3O. The van der Waals surface area contributed by atoms with Crippen LogP contribution in [0, 0.1) is 11.6 Å². The van der Waals surface area contributed by atoms with Crippen molar-refractivity contribution in [1.29, 1.82) is 0 Å². The van der Waals surface area contributed by atoms with Crippen LogP contribution in [-0.4, -0.2) is 16.2 Å². The fourth-order valence-corrected chi connectivity index (χ4v) is 2.10. The summed E-state index contributed by atoms with van der Waals surface area (Å²) < 4.78 is 31.6. The Balaban J connectivity index is 2.17. The predicted octanol–water partition coefficient (Wildman–Crippen LogP) is 2.78. The molecule has 2 atom stereocenters. The van der Waals surface area contributed by atoms with Gasteiger partial charge in [0, 0.05) is 18.5 Å². The molecule has 1 aromatic heterocycles. The van der Waals surface area contributed by atoms with Gasteiger partial charge in [-0.2, -0.15) is 4.98 Å². The van der Waals surface area contributed by atoms with Crippen molar-refractivity contribution in [2.45, 2.75) is 38.6 Å². The lowest BCUT2D eigenvalue weighted by molar-refractivity contribution is 0.331. The fraction of sp³-hybridized carbons (Fsp3) is 0.429. The molecule has 0 aliphatic carbocycles. The van der Waals surface area contributed by atoms with Crippen molar-refractivity contribution in [1.82, 2.24) is 10.1 Å². The van der Waals surface area contributed by atoms with Gasteiger partial charge in [-0.15, -0.1) is 0 Å². The average Bonchev–Trinajstić information content (AvgIpc) is 2.81. The topological polar surface area (TPSA) is 64.9 Å². The second-order valence-electron chi connectivity index (χ2n) is 4.84. The number of halogens is 2. The van der Waals surface area contributed by atoms with E-state index in [1.807, 2.05) is 13.8 Å². The second kappa shape index (κ2) is 6.09. The molecule has 0 amide bonds. The van der Waals surface area contributed by atoms with Gasteiger partial charge in [-0.3, -0.25) is 0 Å². The van der Waals surface area contributed by atoms with E-state index in [-0.39, 0.29) is 18.4 Å². The van der Waals surface area contributed by atoms with E-state index in [0.717, 1.165) is 12.5 Å². The SMILES string of the molecule is CCC(c1nc(Cc2ccc(F)cc2F)no1)C(C)N. The second-order valence-corrected chi connectivity index (χ2v) is 4.84. The van der Waals surface area contributed by atoms with E-state index in [9.17, 15) is 8.78 Å². The van der Waals surface area contributed by atoms with Crippen LogP contribution in [-0.2, 0) is 6.42 Å². The number of hydrogen-bond acceptors (Lipinski definition) is 4.